The zero-order chi connectivity index (χ0) is 12.6. The molecule has 1 aliphatic carbocycles. The summed E-state index contributed by atoms with van der Waals surface area (Å²) in [5.74, 6) is 0.925. The van der Waals surface area contributed by atoms with Gasteiger partial charge in [0.25, 0.3) is 0 Å². The van der Waals surface area contributed by atoms with E-state index in [2.05, 4.69) is 33.8 Å². The molecule has 17 heavy (non-hydrogen) atoms. The first-order valence-electron chi connectivity index (χ1n) is 6.98. The molecular weight excluding hydrogens is 231 g/mol. The second-order valence-corrected chi connectivity index (χ2v) is 5.75. The average Bonchev–Trinajstić information content (AvgIpc) is 2.40. The molecule has 0 amide bonds. The van der Waals surface area contributed by atoms with Crippen LogP contribution in [0.3, 0.4) is 0 Å². The molecule has 0 aromatic carbocycles. The van der Waals surface area contributed by atoms with Crippen molar-refractivity contribution in [3.63, 3.8) is 0 Å². The van der Waals surface area contributed by atoms with Crippen LogP contribution in [0.15, 0.2) is 12.2 Å². The summed E-state index contributed by atoms with van der Waals surface area (Å²) in [5.41, 5.74) is 1.83. The normalized spacial score (nSPS) is 22.3. The molecule has 1 unspecified atom stereocenters. The molecule has 96 valence electrons. The number of rotatable bonds is 3. The Bertz CT molecular complexity index is 194. The Labute approximate surface area is 152 Å². The zero-order valence-corrected chi connectivity index (χ0v) is 16.2. The van der Waals surface area contributed by atoms with Gasteiger partial charge in [0.05, 0.1) is 0 Å². The Balaban J connectivity index is 0. The van der Waals surface area contributed by atoms with Gasteiger partial charge in [0.2, 0.25) is 0 Å². The molecule has 0 aromatic rings. The van der Waals surface area contributed by atoms with E-state index in [9.17, 15) is 0 Å². The Morgan fingerprint density at radius 1 is 1.24 bits per heavy atom. The summed E-state index contributed by atoms with van der Waals surface area (Å²) in [6.45, 7) is 14.9. The van der Waals surface area contributed by atoms with Crippen molar-refractivity contribution >= 4 is 0 Å². The Kier molecular flexibility index (Phi) is 13.4. The fourth-order valence-corrected chi connectivity index (χ4v) is 2.34. The number of allylic oxidation sites excluding steroid dienone is 1. The monoisotopic (exact) mass is 262 g/mol. The molecule has 1 atom stereocenters. The number of hydrogen-bond acceptors (Lipinski definition) is 0. The van der Waals surface area contributed by atoms with E-state index in [1.54, 1.807) is 0 Å². The average molecular weight is 263 g/mol. The first kappa shape index (κ1) is 20.6. The van der Waals surface area contributed by atoms with Crippen molar-refractivity contribution in [2.75, 3.05) is 0 Å². The van der Waals surface area contributed by atoms with Crippen molar-refractivity contribution in [1.29, 1.82) is 0 Å². The fraction of sp³-hybridized carbons (Fsp3) is 0.812. The summed E-state index contributed by atoms with van der Waals surface area (Å²) in [6, 6.07) is 0. The Morgan fingerprint density at radius 2 is 1.82 bits per heavy atom. The summed E-state index contributed by atoms with van der Waals surface area (Å²) >= 11 is 0. The van der Waals surface area contributed by atoms with Crippen LogP contribution in [0.5, 0.6) is 0 Å². The molecule has 0 bridgehead atoms. The summed E-state index contributed by atoms with van der Waals surface area (Å²) in [4.78, 5) is 0. The minimum atomic E-state index is 0. The SMILES string of the molecule is C=C(C)[CH-]CC1CCCC(C)(C)CC1.CC.[K+]. The summed E-state index contributed by atoms with van der Waals surface area (Å²) in [5, 5.41) is 0. The molecule has 0 spiro atoms. The van der Waals surface area contributed by atoms with Crippen LogP contribution in [0.1, 0.15) is 73.1 Å². The molecule has 0 heterocycles. The summed E-state index contributed by atoms with van der Waals surface area (Å²) in [6.07, 6.45) is 10.6. The quantitative estimate of drug-likeness (QED) is 0.417. The van der Waals surface area contributed by atoms with Gasteiger partial charge in [0, 0.05) is 0 Å². The second kappa shape index (κ2) is 11.1. The molecular formula is C16H31K. The van der Waals surface area contributed by atoms with Crippen molar-refractivity contribution in [2.24, 2.45) is 11.3 Å². The largest absolute Gasteiger partial charge is 1.00 e. The standard InChI is InChI=1S/C14H25.C2H6.K/c1-12(2)7-8-13-6-5-10-14(3,4)11-9-13;1-2;/h7,13H,1,5-6,8-11H2,2-4H3;1-2H3;/q-1;;+1. The van der Waals surface area contributed by atoms with Crippen LogP contribution in [0.4, 0.5) is 0 Å². The fourth-order valence-electron chi connectivity index (χ4n) is 2.34. The third-order valence-corrected chi connectivity index (χ3v) is 3.49. The first-order valence-corrected chi connectivity index (χ1v) is 6.98. The van der Waals surface area contributed by atoms with E-state index in [1.807, 2.05) is 13.8 Å². The topological polar surface area (TPSA) is 0 Å². The van der Waals surface area contributed by atoms with E-state index in [0.29, 0.717) is 5.41 Å². The summed E-state index contributed by atoms with van der Waals surface area (Å²) < 4.78 is 0. The zero-order valence-electron chi connectivity index (χ0n) is 13.1. The van der Waals surface area contributed by atoms with Crippen molar-refractivity contribution in [3.8, 4) is 0 Å². The van der Waals surface area contributed by atoms with Crippen molar-refractivity contribution in [2.45, 2.75) is 73.1 Å². The molecule has 0 nitrogen and oxygen atoms in total. The molecule has 0 aromatic heterocycles. The minimum absolute atomic E-state index is 0. The van der Waals surface area contributed by atoms with Crippen LogP contribution in [0, 0.1) is 17.8 Å². The molecule has 1 fully saturated rings. The third-order valence-electron chi connectivity index (χ3n) is 3.49. The Hall–Kier alpha value is 1.25. The van der Waals surface area contributed by atoms with Crippen molar-refractivity contribution in [1.82, 2.24) is 0 Å². The maximum absolute atomic E-state index is 3.94. The van der Waals surface area contributed by atoms with Gasteiger partial charge < -0.3 is 0 Å². The van der Waals surface area contributed by atoms with Gasteiger partial charge in [0.15, 0.2) is 0 Å². The molecule has 1 rings (SSSR count). The van der Waals surface area contributed by atoms with Gasteiger partial charge in [-0.15, -0.1) is 0 Å². The van der Waals surface area contributed by atoms with Gasteiger partial charge in [-0.1, -0.05) is 66.2 Å². The van der Waals surface area contributed by atoms with Crippen LogP contribution in [0.25, 0.3) is 0 Å². The maximum atomic E-state index is 3.94. The van der Waals surface area contributed by atoms with E-state index >= 15 is 0 Å². The van der Waals surface area contributed by atoms with E-state index in [0.717, 1.165) is 5.92 Å². The van der Waals surface area contributed by atoms with Crippen LogP contribution in [-0.2, 0) is 0 Å². The second-order valence-electron chi connectivity index (χ2n) is 5.75. The van der Waals surface area contributed by atoms with Gasteiger partial charge in [-0.25, -0.2) is 18.6 Å². The summed E-state index contributed by atoms with van der Waals surface area (Å²) in [7, 11) is 0. The van der Waals surface area contributed by atoms with Crippen LogP contribution < -0.4 is 51.4 Å². The minimum Gasteiger partial charge on any atom is -0.242 e. The molecule has 1 heteroatoms. The molecule has 1 aliphatic rings. The van der Waals surface area contributed by atoms with E-state index < -0.39 is 0 Å². The van der Waals surface area contributed by atoms with Gasteiger partial charge in [-0.3, -0.25) is 0 Å². The predicted octanol–water partition coefficient (Wildman–Crippen LogP) is 2.79. The van der Waals surface area contributed by atoms with Crippen LogP contribution >= 0.6 is 0 Å². The van der Waals surface area contributed by atoms with Crippen molar-refractivity contribution < 1.29 is 51.4 Å². The smallest absolute Gasteiger partial charge is 0.242 e. The maximum Gasteiger partial charge on any atom is 1.00 e. The van der Waals surface area contributed by atoms with Gasteiger partial charge >= 0.3 is 51.4 Å². The van der Waals surface area contributed by atoms with Gasteiger partial charge in [0.1, 0.15) is 0 Å². The third kappa shape index (κ3) is 10.8. The van der Waals surface area contributed by atoms with Crippen LogP contribution in [-0.4, -0.2) is 0 Å². The Morgan fingerprint density at radius 3 is 2.35 bits per heavy atom. The molecule has 0 radical (unpaired) electrons. The van der Waals surface area contributed by atoms with E-state index in [1.165, 1.54) is 44.1 Å². The molecule has 0 N–H and O–H groups in total. The first-order chi connectivity index (χ1) is 7.49. The van der Waals surface area contributed by atoms with E-state index in [4.69, 9.17) is 0 Å². The number of hydrogen-bond donors (Lipinski definition) is 0. The van der Waals surface area contributed by atoms with E-state index in [-0.39, 0.29) is 51.4 Å². The molecule has 0 saturated heterocycles. The van der Waals surface area contributed by atoms with Gasteiger partial charge in [-0.2, -0.15) is 0 Å². The van der Waals surface area contributed by atoms with Crippen molar-refractivity contribution in [3.05, 3.63) is 18.6 Å². The molecule has 0 aliphatic heterocycles. The predicted molar refractivity (Wildman–Crippen MR) is 75.4 cm³/mol. The van der Waals surface area contributed by atoms with Crippen LogP contribution in [0.2, 0.25) is 0 Å². The van der Waals surface area contributed by atoms with Gasteiger partial charge in [-0.05, 0) is 18.3 Å². The molecule has 1 saturated carbocycles.